The third-order valence-electron chi connectivity index (χ3n) is 6.45. The molecule has 6 heteroatoms. The van der Waals surface area contributed by atoms with Crippen molar-refractivity contribution < 1.29 is 5.11 Å². The summed E-state index contributed by atoms with van der Waals surface area (Å²) in [7, 11) is 0. The predicted octanol–water partition coefficient (Wildman–Crippen LogP) is 4.43. The van der Waals surface area contributed by atoms with Crippen molar-refractivity contribution in [1.29, 1.82) is 0 Å². The zero-order chi connectivity index (χ0) is 19.2. The SMILES string of the molecule is Cc1nc(CN2CCC(C)(O)CC2)c2nc(C3CCC(C)(C)CC3)sc2n1. The summed E-state index contributed by atoms with van der Waals surface area (Å²) in [6.45, 7) is 11.3. The highest BCUT2D eigenvalue weighted by molar-refractivity contribution is 7.18. The van der Waals surface area contributed by atoms with Crippen LogP contribution in [0.5, 0.6) is 0 Å². The van der Waals surface area contributed by atoms with Crippen LogP contribution < -0.4 is 0 Å². The normalized spacial score (nSPS) is 23.7. The lowest BCUT2D eigenvalue weighted by Gasteiger charge is -2.35. The number of aromatic nitrogens is 3. The van der Waals surface area contributed by atoms with Gasteiger partial charge in [-0.25, -0.2) is 15.0 Å². The number of likely N-dealkylation sites (tertiary alicyclic amines) is 1. The monoisotopic (exact) mass is 388 g/mol. The summed E-state index contributed by atoms with van der Waals surface area (Å²) in [6, 6.07) is 0. The minimum Gasteiger partial charge on any atom is -0.390 e. The summed E-state index contributed by atoms with van der Waals surface area (Å²) in [5, 5.41) is 11.4. The van der Waals surface area contributed by atoms with Crippen LogP contribution in [0.2, 0.25) is 0 Å². The summed E-state index contributed by atoms with van der Waals surface area (Å²) in [5.41, 5.74) is 2.01. The molecule has 4 rings (SSSR count). The summed E-state index contributed by atoms with van der Waals surface area (Å²) >= 11 is 1.77. The minimum absolute atomic E-state index is 0.476. The van der Waals surface area contributed by atoms with Gasteiger partial charge in [0.1, 0.15) is 16.2 Å². The molecule has 0 atom stereocenters. The van der Waals surface area contributed by atoms with E-state index >= 15 is 0 Å². The van der Waals surface area contributed by atoms with Gasteiger partial charge in [-0.1, -0.05) is 25.2 Å². The van der Waals surface area contributed by atoms with Gasteiger partial charge < -0.3 is 5.11 Å². The van der Waals surface area contributed by atoms with Gasteiger partial charge in [-0.2, -0.15) is 0 Å². The molecule has 2 fully saturated rings. The van der Waals surface area contributed by atoms with Gasteiger partial charge in [-0.3, -0.25) is 4.90 Å². The first kappa shape index (κ1) is 19.2. The summed E-state index contributed by atoms with van der Waals surface area (Å²) < 4.78 is 0. The molecule has 0 aromatic carbocycles. The Morgan fingerprint density at radius 2 is 1.70 bits per heavy atom. The number of nitrogens with zero attached hydrogens (tertiary/aromatic N) is 4. The van der Waals surface area contributed by atoms with Crippen molar-refractivity contribution in [3.05, 3.63) is 16.5 Å². The van der Waals surface area contributed by atoms with Crippen LogP contribution in [0.1, 0.15) is 81.7 Å². The van der Waals surface area contributed by atoms with Crippen LogP contribution in [0.25, 0.3) is 10.3 Å². The molecule has 0 amide bonds. The maximum atomic E-state index is 10.2. The van der Waals surface area contributed by atoms with Crippen molar-refractivity contribution in [2.75, 3.05) is 13.1 Å². The van der Waals surface area contributed by atoms with Gasteiger partial charge in [-0.15, -0.1) is 0 Å². The van der Waals surface area contributed by atoms with Gasteiger partial charge in [0.05, 0.1) is 16.3 Å². The van der Waals surface area contributed by atoms with E-state index in [0.29, 0.717) is 11.3 Å². The van der Waals surface area contributed by atoms with Crippen molar-refractivity contribution >= 4 is 21.7 Å². The molecule has 1 aliphatic heterocycles. The number of hydrogen-bond donors (Lipinski definition) is 1. The third-order valence-corrected chi connectivity index (χ3v) is 7.57. The minimum atomic E-state index is -0.518. The second kappa shape index (κ2) is 7.05. The molecular weight excluding hydrogens is 356 g/mol. The van der Waals surface area contributed by atoms with E-state index in [1.54, 1.807) is 11.3 Å². The van der Waals surface area contributed by atoms with Gasteiger partial charge in [-0.05, 0) is 57.8 Å². The first-order valence-corrected chi connectivity index (χ1v) is 11.1. The molecule has 0 unspecified atom stereocenters. The number of aryl methyl sites for hydroxylation is 1. The standard InChI is InChI=1S/C21H32N4OS/c1-14-22-16(13-25-11-9-21(4,26)10-12-25)17-19(23-14)27-18(24-17)15-5-7-20(2,3)8-6-15/h15,26H,5-13H2,1-4H3. The van der Waals surface area contributed by atoms with E-state index in [9.17, 15) is 5.11 Å². The van der Waals surface area contributed by atoms with E-state index < -0.39 is 5.60 Å². The number of aliphatic hydroxyl groups is 1. The van der Waals surface area contributed by atoms with Crippen molar-refractivity contribution in [2.45, 2.75) is 84.3 Å². The maximum Gasteiger partial charge on any atom is 0.147 e. The van der Waals surface area contributed by atoms with Crippen LogP contribution in [0, 0.1) is 12.3 Å². The largest absolute Gasteiger partial charge is 0.390 e. The molecule has 2 aliphatic rings. The Balaban J connectivity index is 1.56. The molecule has 5 nitrogen and oxygen atoms in total. The van der Waals surface area contributed by atoms with E-state index in [0.717, 1.165) is 54.3 Å². The molecule has 1 aliphatic carbocycles. The van der Waals surface area contributed by atoms with Crippen LogP contribution in [0.4, 0.5) is 0 Å². The molecule has 3 heterocycles. The number of fused-ring (bicyclic) bond motifs is 1. The number of thiazole rings is 1. The van der Waals surface area contributed by atoms with Crippen LogP contribution >= 0.6 is 11.3 Å². The quantitative estimate of drug-likeness (QED) is 0.843. The Labute approximate surface area is 166 Å². The lowest BCUT2D eigenvalue weighted by molar-refractivity contribution is -0.00749. The molecular formula is C21H32N4OS. The van der Waals surface area contributed by atoms with Gasteiger partial charge >= 0.3 is 0 Å². The van der Waals surface area contributed by atoms with E-state index in [2.05, 4.69) is 23.7 Å². The fourth-order valence-corrected chi connectivity index (χ4v) is 5.52. The smallest absolute Gasteiger partial charge is 0.147 e. The van der Waals surface area contributed by atoms with E-state index in [1.807, 2.05) is 13.8 Å². The summed E-state index contributed by atoms with van der Waals surface area (Å²) in [4.78, 5) is 17.9. The number of hydrogen-bond acceptors (Lipinski definition) is 6. The fourth-order valence-electron chi connectivity index (χ4n) is 4.35. The molecule has 2 aromatic heterocycles. The highest BCUT2D eigenvalue weighted by Gasteiger charge is 2.31. The van der Waals surface area contributed by atoms with E-state index in [-0.39, 0.29) is 0 Å². The highest BCUT2D eigenvalue weighted by Crippen LogP contribution is 2.44. The molecule has 1 saturated carbocycles. The van der Waals surface area contributed by atoms with Gasteiger partial charge in [0.2, 0.25) is 0 Å². The molecule has 0 radical (unpaired) electrons. The highest BCUT2D eigenvalue weighted by atomic mass is 32.1. The van der Waals surface area contributed by atoms with Crippen molar-refractivity contribution in [3.63, 3.8) is 0 Å². The Kier molecular flexibility index (Phi) is 5.02. The number of piperidine rings is 1. The molecule has 2 aromatic rings. The van der Waals surface area contributed by atoms with Crippen LogP contribution in [-0.2, 0) is 6.54 Å². The van der Waals surface area contributed by atoms with Crippen LogP contribution in [0.15, 0.2) is 0 Å². The van der Waals surface area contributed by atoms with E-state index in [4.69, 9.17) is 9.97 Å². The molecule has 148 valence electrons. The fraction of sp³-hybridized carbons (Fsp3) is 0.762. The molecule has 0 bridgehead atoms. The first-order valence-electron chi connectivity index (χ1n) is 10.3. The average molecular weight is 389 g/mol. The first-order chi connectivity index (χ1) is 12.7. The zero-order valence-corrected chi connectivity index (χ0v) is 17.9. The van der Waals surface area contributed by atoms with Gasteiger partial charge in [0.25, 0.3) is 0 Å². The lowest BCUT2D eigenvalue weighted by atomic mass is 9.73. The Bertz CT molecular complexity index is 809. The summed E-state index contributed by atoms with van der Waals surface area (Å²) in [5.74, 6) is 1.41. The molecule has 1 N–H and O–H groups in total. The summed E-state index contributed by atoms with van der Waals surface area (Å²) in [6.07, 6.45) is 6.66. The predicted molar refractivity (Wildman–Crippen MR) is 110 cm³/mol. The number of rotatable bonds is 3. The van der Waals surface area contributed by atoms with Crippen LogP contribution in [0.3, 0.4) is 0 Å². The molecule has 1 saturated heterocycles. The molecule has 0 spiro atoms. The zero-order valence-electron chi connectivity index (χ0n) is 17.1. The van der Waals surface area contributed by atoms with E-state index in [1.165, 1.54) is 30.7 Å². The Hall–Kier alpha value is -1.11. The maximum absolute atomic E-state index is 10.2. The topological polar surface area (TPSA) is 62.1 Å². The van der Waals surface area contributed by atoms with Crippen molar-refractivity contribution in [2.24, 2.45) is 5.41 Å². The average Bonchev–Trinajstić information content (AvgIpc) is 3.00. The lowest BCUT2D eigenvalue weighted by Crippen LogP contribution is -2.42. The second-order valence-corrected chi connectivity index (χ2v) is 10.6. The molecule has 27 heavy (non-hydrogen) atoms. The Morgan fingerprint density at radius 1 is 1.04 bits per heavy atom. The van der Waals surface area contributed by atoms with Gasteiger partial charge in [0.15, 0.2) is 0 Å². The van der Waals surface area contributed by atoms with Crippen molar-refractivity contribution in [1.82, 2.24) is 19.9 Å². The third kappa shape index (κ3) is 4.33. The second-order valence-electron chi connectivity index (χ2n) is 9.63. The van der Waals surface area contributed by atoms with Crippen LogP contribution in [-0.4, -0.2) is 43.6 Å². The van der Waals surface area contributed by atoms with Crippen molar-refractivity contribution in [3.8, 4) is 0 Å². The van der Waals surface area contributed by atoms with Gasteiger partial charge in [0, 0.05) is 25.6 Å². The Morgan fingerprint density at radius 3 is 2.37 bits per heavy atom.